The molecule has 27 heavy (non-hydrogen) atoms. The van der Waals surface area contributed by atoms with Crippen LogP contribution in [0.15, 0.2) is 0 Å². The molecule has 0 aromatic heterocycles. The number of methoxy groups -OCH3 is 6. The predicted octanol–water partition coefficient (Wildman–Crippen LogP) is -13.9. The normalized spacial score (nSPS) is 8.78. The Morgan fingerprint density at radius 2 is 0.593 bits per heavy atom. The van der Waals surface area contributed by atoms with Crippen LogP contribution in [0.1, 0.15) is 0 Å². The van der Waals surface area contributed by atoms with Crippen LogP contribution in [0, 0.1) is 0 Å². The molecule has 0 fully saturated rings. The van der Waals surface area contributed by atoms with Gasteiger partial charge < -0.3 is 58.1 Å². The van der Waals surface area contributed by atoms with Crippen LogP contribution in [0.4, 0.5) is 0 Å². The molecule has 0 bridgehead atoms. The zero-order valence-electron chi connectivity index (χ0n) is 17.1. The van der Waals surface area contributed by atoms with Crippen molar-refractivity contribution in [3.05, 3.63) is 0 Å². The van der Waals surface area contributed by atoms with Gasteiger partial charge in [0.2, 0.25) is 0 Å². The molecule has 12 nitrogen and oxygen atoms in total. The van der Waals surface area contributed by atoms with Crippen LogP contribution < -0.4 is 71.9 Å². The molecule has 144 valence electrons. The average Bonchev–Trinajstić information content (AvgIpc) is 2.51. The van der Waals surface area contributed by atoms with Crippen LogP contribution in [0.2, 0.25) is 0 Å². The Hall–Kier alpha value is -0.0378. The van der Waals surface area contributed by atoms with Crippen molar-refractivity contribution in [2.45, 2.75) is 18.9 Å². The van der Waals surface area contributed by atoms with E-state index in [0.29, 0.717) is 0 Å². The van der Waals surface area contributed by atoms with Gasteiger partial charge in [-0.3, -0.25) is 0 Å². The van der Waals surface area contributed by atoms with Crippen molar-refractivity contribution < 1.29 is 115 Å². The minimum absolute atomic E-state index is 0. The summed E-state index contributed by atoms with van der Waals surface area (Å²) in [5.41, 5.74) is 0. The summed E-state index contributed by atoms with van der Waals surface area (Å²) in [6, 6.07) is 0. The Kier molecular flexibility index (Phi) is 43.2. The van der Waals surface area contributed by atoms with Gasteiger partial charge in [-0.25, -0.2) is 0 Å². The third-order valence-electron chi connectivity index (χ3n) is 1.86. The Morgan fingerprint density at radius 3 is 0.593 bits per heavy atom. The molecule has 0 heterocycles. The van der Waals surface area contributed by atoms with Crippen molar-refractivity contribution in [3.63, 3.8) is 0 Å². The number of aliphatic carboxylic acids is 3. The van der Waals surface area contributed by atoms with E-state index in [0.717, 1.165) is 0 Å². The number of rotatable bonds is 9. The van der Waals surface area contributed by atoms with E-state index in [-0.39, 0.29) is 56.6 Å². The molecule has 0 spiro atoms. The van der Waals surface area contributed by atoms with Crippen LogP contribution in [0.5, 0.6) is 0 Å². The largest absolute Gasteiger partial charge is 1.00 e. The topological polar surface area (TPSA) is 176 Å². The first kappa shape index (κ1) is 41.4. The molecule has 0 N–H and O–H groups in total. The van der Waals surface area contributed by atoms with Crippen molar-refractivity contribution in [1.29, 1.82) is 0 Å². The third-order valence-corrected chi connectivity index (χ3v) is 1.86. The molecule has 0 radical (unpaired) electrons. The molecule has 0 aromatic carbocycles. The Balaban J connectivity index is -0.0000000580. The number of hydrogen-bond acceptors (Lipinski definition) is 12. The molecule has 0 saturated heterocycles. The van der Waals surface area contributed by atoms with Crippen molar-refractivity contribution in [2.75, 3.05) is 42.7 Å². The first-order valence-corrected chi connectivity index (χ1v) is 5.95. The van der Waals surface area contributed by atoms with E-state index in [1.54, 1.807) is 0 Å². The first-order valence-electron chi connectivity index (χ1n) is 5.95. The molecular formula is C12H21Li3O12. The molecular weight excluding hydrogens is 357 g/mol. The van der Waals surface area contributed by atoms with Crippen LogP contribution in [-0.4, -0.2) is 79.4 Å². The molecule has 0 aliphatic carbocycles. The summed E-state index contributed by atoms with van der Waals surface area (Å²) in [7, 11) is 7.36. The van der Waals surface area contributed by atoms with Gasteiger partial charge in [-0.05, 0) is 0 Å². The maximum atomic E-state index is 9.80. The summed E-state index contributed by atoms with van der Waals surface area (Å²) < 4.78 is 25.7. The van der Waals surface area contributed by atoms with Crippen molar-refractivity contribution in [1.82, 2.24) is 0 Å². The SMILES string of the molecule is COC(OC)C(=O)[O-].COC(OC)C(=O)[O-].COC(OC)C(=O)[O-].[Li+].[Li+].[Li+]. The fourth-order valence-electron chi connectivity index (χ4n) is 0.866. The van der Waals surface area contributed by atoms with Gasteiger partial charge in [-0.15, -0.1) is 0 Å². The molecule has 0 aliphatic rings. The first-order chi connectivity index (χ1) is 11.2. The second-order valence-corrected chi connectivity index (χ2v) is 3.37. The van der Waals surface area contributed by atoms with Gasteiger partial charge in [0.05, 0.1) is 17.9 Å². The molecule has 0 aliphatic heterocycles. The maximum Gasteiger partial charge on any atom is 1.00 e. The number of carboxylic acid groups (broad SMARTS) is 3. The minimum Gasteiger partial charge on any atom is -0.545 e. The van der Waals surface area contributed by atoms with Crippen molar-refractivity contribution in [2.24, 2.45) is 0 Å². The van der Waals surface area contributed by atoms with E-state index in [2.05, 4.69) is 28.4 Å². The number of carbonyl (C=O) groups is 3. The monoisotopic (exact) mass is 378 g/mol. The van der Waals surface area contributed by atoms with E-state index >= 15 is 0 Å². The average molecular weight is 378 g/mol. The van der Waals surface area contributed by atoms with Crippen LogP contribution >= 0.6 is 0 Å². The van der Waals surface area contributed by atoms with Gasteiger partial charge in [0.25, 0.3) is 0 Å². The zero-order valence-corrected chi connectivity index (χ0v) is 17.1. The van der Waals surface area contributed by atoms with Gasteiger partial charge in [0.15, 0.2) is 18.9 Å². The smallest absolute Gasteiger partial charge is 0.545 e. The van der Waals surface area contributed by atoms with Gasteiger partial charge >= 0.3 is 56.6 Å². The standard InChI is InChI=1S/3C4H8O4.3Li/c3*1-7-4(8-2)3(5)6;;;/h3*4H,1-2H3,(H,5,6);;;/q;;;3*+1/p-3. The van der Waals surface area contributed by atoms with E-state index in [4.69, 9.17) is 0 Å². The van der Waals surface area contributed by atoms with Gasteiger partial charge in [-0.2, -0.15) is 0 Å². The summed E-state index contributed by atoms with van der Waals surface area (Å²) in [6.45, 7) is 0. The fourth-order valence-corrected chi connectivity index (χ4v) is 0.866. The number of ether oxygens (including phenoxy) is 6. The van der Waals surface area contributed by atoms with Crippen molar-refractivity contribution in [3.8, 4) is 0 Å². The van der Waals surface area contributed by atoms with Gasteiger partial charge in [0, 0.05) is 42.7 Å². The summed E-state index contributed by atoms with van der Waals surface area (Å²) in [5.74, 6) is -4.10. The van der Waals surface area contributed by atoms with Crippen LogP contribution in [0.25, 0.3) is 0 Å². The summed E-state index contributed by atoms with van der Waals surface area (Å²) >= 11 is 0. The molecule has 0 rings (SSSR count). The van der Waals surface area contributed by atoms with Gasteiger partial charge in [0.1, 0.15) is 0 Å². The Labute approximate surface area is 193 Å². The Bertz CT molecular complexity index is 294. The third kappa shape index (κ3) is 26.0. The van der Waals surface area contributed by atoms with E-state index < -0.39 is 36.8 Å². The van der Waals surface area contributed by atoms with Crippen LogP contribution in [-0.2, 0) is 42.8 Å². The minimum atomic E-state index is -1.37. The zero-order chi connectivity index (χ0) is 19.7. The van der Waals surface area contributed by atoms with E-state index in [1.807, 2.05) is 0 Å². The molecule has 15 heteroatoms. The Morgan fingerprint density at radius 1 is 0.481 bits per heavy atom. The van der Waals surface area contributed by atoms with Crippen LogP contribution in [0.3, 0.4) is 0 Å². The summed E-state index contributed by atoms with van der Waals surface area (Å²) in [4.78, 5) is 29.4. The van der Waals surface area contributed by atoms with E-state index in [9.17, 15) is 29.7 Å². The second-order valence-electron chi connectivity index (χ2n) is 3.37. The van der Waals surface area contributed by atoms with E-state index in [1.165, 1.54) is 42.7 Å². The predicted molar refractivity (Wildman–Crippen MR) is 68.4 cm³/mol. The maximum absolute atomic E-state index is 9.80. The second kappa shape index (κ2) is 28.2. The van der Waals surface area contributed by atoms with Gasteiger partial charge in [-0.1, -0.05) is 0 Å². The number of carboxylic acids is 3. The number of carbonyl (C=O) groups excluding carboxylic acids is 3. The molecule has 0 aromatic rings. The summed E-state index contributed by atoms with van der Waals surface area (Å²) in [6.07, 6.45) is -3.72. The molecule has 0 unspecified atom stereocenters. The molecule has 0 atom stereocenters. The number of hydrogen-bond donors (Lipinski definition) is 0. The van der Waals surface area contributed by atoms with Crippen molar-refractivity contribution >= 4 is 17.9 Å². The fraction of sp³-hybridized carbons (Fsp3) is 0.750. The molecule has 0 amide bonds. The molecule has 0 saturated carbocycles. The summed E-state index contributed by atoms with van der Waals surface area (Å²) in [5, 5.41) is 29.4. The quantitative estimate of drug-likeness (QED) is 0.274.